The van der Waals surface area contributed by atoms with Crippen LogP contribution in [-0.4, -0.2) is 31.2 Å². The lowest BCUT2D eigenvalue weighted by Crippen LogP contribution is -2.21. The molecule has 152 valence electrons. The first-order valence-electron chi connectivity index (χ1n) is 9.95. The second-order valence-corrected chi connectivity index (χ2v) is 7.22. The normalized spacial score (nSPS) is 14.9. The lowest BCUT2D eigenvalue weighted by atomic mass is 9.90. The molecule has 2 heterocycles. The number of nitrogens with one attached hydrogen (secondary N) is 1. The molecule has 30 heavy (non-hydrogen) atoms. The van der Waals surface area contributed by atoms with E-state index in [2.05, 4.69) is 47.2 Å². The summed E-state index contributed by atoms with van der Waals surface area (Å²) in [6.07, 6.45) is 4.13. The van der Waals surface area contributed by atoms with Gasteiger partial charge in [0.2, 0.25) is 0 Å². The van der Waals surface area contributed by atoms with E-state index in [0.717, 1.165) is 34.4 Å². The number of nitrogens with zero attached hydrogens (tertiary/aromatic N) is 1. The molecule has 3 aromatic rings. The third-order valence-electron chi connectivity index (χ3n) is 5.41. The third-order valence-corrected chi connectivity index (χ3v) is 5.41. The van der Waals surface area contributed by atoms with Gasteiger partial charge in [-0.05, 0) is 40.8 Å². The molecule has 4 rings (SSSR count). The molecule has 0 bridgehead atoms. The van der Waals surface area contributed by atoms with Gasteiger partial charge in [0.1, 0.15) is 5.75 Å². The van der Waals surface area contributed by atoms with E-state index >= 15 is 0 Å². The molecule has 1 aromatic heterocycles. The van der Waals surface area contributed by atoms with Crippen molar-refractivity contribution in [3.05, 3.63) is 95.8 Å². The number of pyridine rings is 1. The monoisotopic (exact) mass is 400 g/mol. The highest BCUT2D eigenvalue weighted by Gasteiger charge is 2.23. The molecule has 1 aliphatic heterocycles. The molecule has 0 saturated carbocycles. The molecule has 0 saturated heterocycles. The number of fused-ring (bicyclic) bond motifs is 1. The van der Waals surface area contributed by atoms with Gasteiger partial charge in [-0.25, -0.2) is 4.79 Å². The summed E-state index contributed by atoms with van der Waals surface area (Å²) in [5.41, 5.74) is 5.43. The molecule has 0 spiro atoms. The van der Waals surface area contributed by atoms with E-state index in [1.54, 1.807) is 18.5 Å². The minimum absolute atomic E-state index is 0.262. The van der Waals surface area contributed by atoms with Crippen molar-refractivity contribution in [2.75, 3.05) is 25.6 Å². The fourth-order valence-corrected chi connectivity index (χ4v) is 3.73. The van der Waals surface area contributed by atoms with Crippen molar-refractivity contribution in [1.29, 1.82) is 0 Å². The highest BCUT2D eigenvalue weighted by molar-refractivity contribution is 5.95. The zero-order valence-electron chi connectivity index (χ0n) is 16.9. The fraction of sp³-hybridized carbons (Fsp3) is 0.200. The standard InChI is InChI=1S/C25H24N2O3/c1-17(18-6-4-3-5-7-18)19-8-9-21-20(11-13-30-24(21)14-19)15-27-23-16-26-12-10-22(23)25(28)29-2/h3-10,12,14,16,20,27H,1,11,13,15H2,2H3/t20-/m0/s1. The Morgan fingerprint density at radius 3 is 2.83 bits per heavy atom. The van der Waals surface area contributed by atoms with E-state index in [-0.39, 0.29) is 11.9 Å². The lowest BCUT2D eigenvalue weighted by Gasteiger charge is -2.27. The summed E-state index contributed by atoms with van der Waals surface area (Å²) in [6.45, 7) is 5.58. The zero-order chi connectivity index (χ0) is 20.9. The maximum absolute atomic E-state index is 12.0. The number of hydrogen-bond donors (Lipinski definition) is 1. The molecule has 5 heteroatoms. The molecule has 0 unspecified atom stereocenters. The van der Waals surface area contributed by atoms with Crippen LogP contribution >= 0.6 is 0 Å². The molecule has 0 fully saturated rings. The van der Waals surface area contributed by atoms with Crippen LogP contribution in [0, 0.1) is 0 Å². The number of carbonyl (C=O) groups is 1. The lowest BCUT2D eigenvalue weighted by molar-refractivity contribution is 0.0601. The topological polar surface area (TPSA) is 60.5 Å². The van der Waals surface area contributed by atoms with Gasteiger partial charge in [-0.3, -0.25) is 4.98 Å². The summed E-state index contributed by atoms with van der Waals surface area (Å²) < 4.78 is 10.8. The molecular formula is C25H24N2O3. The van der Waals surface area contributed by atoms with Gasteiger partial charge in [-0.1, -0.05) is 49.0 Å². The maximum atomic E-state index is 12.0. The molecule has 1 atom stereocenters. The molecule has 0 amide bonds. The van der Waals surface area contributed by atoms with Crippen molar-refractivity contribution in [3.8, 4) is 5.75 Å². The first-order chi connectivity index (χ1) is 14.7. The van der Waals surface area contributed by atoms with Gasteiger partial charge in [0, 0.05) is 18.7 Å². The Kier molecular flexibility index (Phi) is 5.80. The summed E-state index contributed by atoms with van der Waals surface area (Å²) in [4.78, 5) is 16.1. The highest BCUT2D eigenvalue weighted by Crippen LogP contribution is 2.36. The van der Waals surface area contributed by atoms with Crippen LogP contribution in [0.1, 0.15) is 39.4 Å². The molecule has 1 N–H and O–H groups in total. The summed E-state index contributed by atoms with van der Waals surface area (Å²) in [5.74, 6) is 0.775. The third kappa shape index (κ3) is 4.06. The molecule has 0 aliphatic carbocycles. The Morgan fingerprint density at radius 1 is 1.20 bits per heavy atom. The van der Waals surface area contributed by atoms with Crippen LogP contribution in [0.4, 0.5) is 5.69 Å². The van der Waals surface area contributed by atoms with Crippen molar-refractivity contribution in [2.45, 2.75) is 12.3 Å². The van der Waals surface area contributed by atoms with Crippen LogP contribution in [0.3, 0.4) is 0 Å². The van der Waals surface area contributed by atoms with Gasteiger partial charge >= 0.3 is 5.97 Å². The van der Waals surface area contributed by atoms with E-state index in [0.29, 0.717) is 24.4 Å². The number of esters is 1. The Morgan fingerprint density at radius 2 is 2.03 bits per heavy atom. The second-order valence-electron chi connectivity index (χ2n) is 7.22. The zero-order valence-corrected chi connectivity index (χ0v) is 16.9. The predicted octanol–water partition coefficient (Wildman–Crippen LogP) is 4.91. The van der Waals surface area contributed by atoms with E-state index in [9.17, 15) is 4.79 Å². The molecular weight excluding hydrogens is 376 g/mol. The molecule has 1 aliphatic rings. The van der Waals surface area contributed by atoms with Gasteiger partial charge in [-0.2, -0.15) is 0 Å². The number of aromatic nitrogens is 1. The minimum atomic E-state index is -0.378. The molecule has 5 nitrogen and oxygen atoms in total. The Bertz CT molecular complexity index is 1060. The Hall–Kier alpha value is -3.60. The van der Waals surface area contributed by atoms with Crippen molar-refractivity contribution in [2.24, 2.45) is 0 Å². The average molecular weight is 400 g/mol. The minimum Gasteiger partial charge on any atom is -0.493 e. The van der Waals surface area contributed by atoms with E-state index < -0.39 is 0 Å². The summed E-state index contributed by atoms with van der Waals surface area (Å²) in [5, 5.41) is 3.37. The van der Waals surface area contributed by atoms with Crippen molar-refractivity contribution < 1.29 is 14.3 Å². The van der Waals surface area contributed by atoms with Gasteiger partial charge < -0.3 is 14.8 Å². The molecule has 2 aromatic carbocycles. The van der Waals surface area contributed by atoms with E-state index in [1.165, 1.54) is 7.11 Å². The number of benzene rings is 2. The van der Waals surface area contributed by atoms with Crippen LogP contribution < -0.4 is 10.1 Å². The second kappa shape index (κ2) is 8.82. The van der Waals surface area contributed by atoms with Gasteiger partial charge in [0.15, 0.2) is 0 Å². The van der Waals surface area contributed by atoms with Gasteiger partial charge in [0.25, 0.3) is 0 Å². The maximum Gasteiger partial charge on any atom is 0.340 e. The van der Waals surface area contributed by atoms with Gasteiger partial charge in [0.05, 0.1) is 31.2 Å². The smallest absolute Gasteiger partial charge is 0.340 e. The van der Waals surface area contributed by atoms with Crippen LogP contribution in [-0.2, 0) is 4.74 Å². The Balaban J connectivity index is 1.52. The quantitative estimate of drug-likeness (QED) is 0.596. The van der Waals surface area contributed by atoms with E-state index in [1.807, 2.05) is 18.2 Å². The number of carbonyl (C=O) groups excluding carboxylic acids is 1. The largest absolute Gasteiger partial charge is 0.493 e. The first kappa shape index (κ1) is 19.7. The number of rotatable bonds is 6. The number of ether oxygens (including phenoxy) is 2. The SMILES string of the molecule is C=C(c1ccccc1)c1ccc2c(c1)OCC[C@H]2CNc1cnccc1C(=O)OC. The van der Waals surface area contributed by atoms with Crippen LogP contribution in [0.5, 0.6) is 5.75 Å². The van der Waals surface area contributed by atoms with Crippen molar-refractivity contribution in [1.82, 2.24) is 4.98 Å². The first-order valence-corrected chi connectivity index (χ1v) is 9.95. The van der Waals surface area contributed by atoms with Crippen LogP contribution in [0.25, 0.3) is 5.57 Å². The fourth-order valence-electron chi connectivity index (χ4n) is 3.73. The number of hydrogen-bond acceptors (Lipinski definition) is 5. The summed E-state index contributed by atoms with van der Waals surface area (Å²) in [6, 6.07) is 18.1. The van der Waals surface area contributed by atoms with Crippen LogP contribution in [0.15, 0.2) is 73.6 Å². The summed E-state index contributed by atoms with van der Waals surface area (Å²) in [7, 11) is 1.38. The van der Waals surface area contributed by atoms with Crippen LogP contribution in [0.2, 0.25) is 0 Å². The number of anilines is 1. The molecule has 0 radical (unpaired) electrons. The Labute approximate surface area is 176 Å². The number of methoxy groups -OCH3 is 1. The van der Waals surface area contributed by atoms with Crippen molar-refractivity contribution in [3.63, 3.8) is 0 Å². The van der Waals surface area contributed by atoms with E-state index in [4.69, 9.17) is 9.47 Å². The van der Waals surface area contributed by atoms with Gasteiger partial charge in [-0.15, -0.1) is 0 Å². The highest BCUT2D eigenvalue weighted by atomic mass is 16.5. The van der Waals surface area contributed by atoms with Crippen molar-refractivity contribution >= 4 is 17.2 Å². The average Bonchev–Trinajstić information content (AvgIpc) is 2.82. The predicted molar refractivity (Wildman–Crippen MR) is 118 cm³/mol. The summed E-state index contributed by atoms with van der Waals surface area (Å²) >= 11 is 0.